The number of aromatic nitrogens is 1. The number of carbonyl (C=O) groups excluding carboxylic acids is 1. The molecule has 0 spiro atoms. The third-order valence-corrected chi connectivity index (χ3v) is 2.65. The molecule has 0 saturated carbocycles. The third-order valence-electron chi connectivity index (χ3n) is 2.65. The summed E-state index contributed by atoms with van der Waals surface area (Å²) in [5.41, 5.74) is 0.261. The Labute approximate surface area is 113 Å². The number of amides is 1. The molecule has 1 rings (SSSR count). The van der Waals surface area contributed by atoms with Gasteiger partial charge in [0.2, 0.25) is 0 Å². The minimum absolute atomic E-state index is 0.261. The number of hydrogen-bond acceptors (Lipinski definition) is 3. The Balaban J connectivity index is 2.72. The number of nitrogens with zero attached hydrogens (tertiary/aromatic N) is 1. The van der Waals surface area contributed by atoms with Crippen LogP contribution in [0.1, 0.15) is 44.0 Å². The monoisotopic (exact) mass is 267 g/mol. The molecule has 0 radical (unpaired) electrons. The van der Waals surface area contributed by atoms with Crippen LogP contribution >= 0.6 is 0 Å². The Bertz CT molecular complexity index is 421. The van der Waals surface area contributed by atoms with Gasteiger partial charge in [0, 0.05) is 13.1 Å². The molecule has 0 unspecified atom stereocenters. The number of carbonyl (C=O) groups is 1. The average Bonchev–Trinajstić information content (AvgIpc) is 2.36. The van der Waals surface area contributed by atoms with Crippen molar-refractivity contribution in [3.8, 4) is 0 Å². The third kappa shape index (κ3) is 5.24. The van der Waals surface area contributed by atoms with Crippen molar-refractivity contribution >= 4 is 11.7 Å². The van der Waals surface area contributed by atoms with Gasteiger partial charge >= 0.3 is 0 Å². The Hall–Kier alpha value is -1.65. The van der Waals surface area contributed by atoms with Crippen LogP contribution in [0.15, 0.2) is 12.3 Å². The SMILES string of the molecule is CCCNc1ncc(F)cc1C(=O)NCCC(C)C. The highest BCUT2D eigenvalue weighted by Crippen LogP contribution is 2.13. The quantitative estimate of drug-likeness (QED) is 0.798. The first-order valence-electron chi connectivity index (χ1n) is 6.72. The maximum atomic E-state index is 13.2. The van der Waals surface area contributed by atoms with E-state index < -0.39 is 5.82 Å². The number of hydrogen-bond donors (Lipinski definition) is 2. The Morgan fingerprint density at radius 3 is 2.79 bits per heavy atom. The lowest BCUT2D eigenvalue weighted by atomic mass is 10.1. The predicted molar refractivity (Wildman–Crippen MR) is 74.8 cm³/mol. The summed E-state index contributed by atoms with van der Waals surface area (Å²) in [5.74, 6) is 0.163. The highest BCUT2D eigenvalue weighted by molar-refractivity contribution is 5.98. The number of pyridine rings is 1. The van der Waals surface area contributed by atoms with Gasteiger partial charge in [-0.15, -0.1) is 0 Å². The van der Waals surface area contributed by atoms with E-state index in [0.29, 0.717) is 24.8 Å². The van der Waals surface area contributed by atoms with Crippen LogP contribution in [0, 0.1) is 11.7 Å². The minimum atomic E-state index is -0.504. The van der Waals surface area contributed by atoms with E-state index in [0.717, 1.165) is 19.0 Å². The lowest BCUT2D eigenvalue weighted by Gasteiger charge is -2.11. The van der Waals surface area contributed by atoms with Gasteiger partial charge in [0.1, 0.15) is 11.6 Å². The molecule has 1 amide bonds. The Morgan fingerprint density at radius 1 is 1.42 bits per heavy atom. The fraction of sp³-hybridized carbons (Fsp3) is 0.571. The Kier molecular flexibility index (Phi) is 6.25. The first kappa shape index (κ1) is 15.4. The molecule has 0 atom stereocenters. The summed E-state index contributed by atoms with van der Waals surface area (Å²) in [6, 6.07) is 1.22. The zero-order valence-corrected chi connectivity index (χ0v) is 11.8. The van der Waals surface area contributed by atoms with Gasteiger partial charge < -0.3 is 10.6 Å². The van der Waals surface area contributed by atoms with E-state index >= 15 is 0 Å². The van der Waals surface area contributed by atoms with E-state index in [1.807, 2.05) is 6.92 Å². The van der Waals surface area contributed by atoms with Crippen LogP contribution < -0.4 is 10.6 Å². The Morgan fingerprint density at radius 2 is 2.16 bits per heavy atom. The molecule has 5 heteroatoms. The maximum absolute atomic E-state index is 13.2. The first-order valence-corrected chi connectivity index (χ1v) is 6.72. The zero-order valence-electron chi connectivity index (χ0n) is 11.8. The van der Waals surface area contributed by atoms with Gasteiger partial charge in [-0.25, -0.2) is 9.37 Å². The molecule has 19 heavy (non-hydrogen) atoms. The standard InChI is InChI=1S/C14H22FN3O/c1-4-6-16-13-12(8-11(15)9-18-13)14(19)17-7-5-10(2)3/h8-10H,4-7H2,1-3H3,(H,16,18)(H,17,19). The van der Waals surface area contributed by atoms with Crippen molar-refractivity contribution in [2.45, 2.75) is 33.6 Å². The van der Waals surface area contributed by atoms with Crippen molar-refractivity contribution in [1.82, 2.24) is 10.3 Å². The smallest absolute Gasteiger partial charge is 0.255 e. The fourth-order valence-electron chi connectivity index (χ4n) is 1.57. The van der Waals surface area contributed by atoms with Crippen molar-refractivity contribution in [3.05, 3.63) is 23.6 Å². The molecular weight excluding hydrogens is 245 g/mol. The highest BCUT2D eigenvalue weighted by atomic mass is 19.1. The van der Waals surface area contributed by atoms with Gasteiger partial charge in [-0.2, -0.15) is 0 Å². The molecule has 106 valence electrons. The van der Waals surface area contributed by atoms with Crippen molar-refractivity contribution in [1.29, 1.82) is 0 Å². The first-order chi connectivity index (χ1) is 9.04. The highest BCUT2D eigenvalue weighted by Gasteiger charge is 2.13. The number of nitrogens with one attached hydrogen (secondary N) is 2. The lowest BCUT2D eigenvalue weighted by Crippen LogP contribution is -2.26. The number of rotatable bonds is 7. The summed E-state index contributed by atoms with van der Waals surface area (Å²) in [7, 11) is 0. The minimum Gasteiger partial charge on any atom is -0.369 e. The van der Waals surface area contributed by atoms with E-state index in [1.54, 1.807) is 0 Å². The number of anilines is 1. The van der Waals surface area contributed by atoms with Crippen LogP contribution in [0.4, 0.5) is 10.2 Å². The number of halogens is 1. The van der Waals surface area contributed by atoms with E-state index in [-0.39, 0.29) is 11.5 Å². The van der Waals surface area contributed by atoms with Crippen molar-refractivity contribution in [2.75, 3.05) is 18.4 Å². The van der Waals surface area contributed by atoms with Crippen LogP contribution in [0.25, 0.3) is 0 Å². The second-order valence-electron chi connectivity index (χ2n) is 4.91. The van der Waals surface area contributed by atoms with Crippen molar-refractivity contribution in [3.63, 3.8) is 0 Å². The van der Waals surface area contributed by atoms with E-state index in [2.05, 4.69) is 29.5 Å². The van der Waals surface area contributed by atoms with Gasteiger partial charge in [0.25, 0.3) is 5.91 Å². The molecule has 0 aromatic carbocycles. The largest absolute Gasteiger partial charge is 0.369 e. The summed E-state index contributed by atoms with van der Waals surface area (Å²) in [6.45, 7) is 7.47. The lowest BCUT2D eigenvalue weighted by molar-refractivity contribution is 0.0952. The normalized spacial score (nSPS) is 10.6. The molecule has 0 fully saturated rings. The second kappa shape index (κ2) is 7.71. The summed E-state index contributed by atoms with van der Waals surface area (Å²) in [5, 5.41) is 5.82. The van der Waals surface area contributed by atoms with Crippen LogP contribution in [0.5, 0.6) is 0 Å². The molecule has 1 heterocycles. The molecule has 0 aliphatic rings. The summed E-state index contributed by atoms with van der Waals surface area (Å²) >= 11 is 0. The molecule has 0 aliphatic carbocycles. The van der Waals surface area contributed by atoms with Crippen LogP contribution in [-0.2, 0) is 0 Å². The molecule has 0 bridgehead atoms. The fourth-order valence-corrected chi connectivity index (χ4v) is 1.57. The maximum Gasteiger partial charge on any atom is 0.255 e. The van der Waals surface area contributed by atoms with Gasteiger partial charge in [-0.1, -0.05) is 20.8 Å². The zero-order chi connectivity index (χ0) is 14.3. The molecular formula is C14H22FN3O. The summed E-state index contributed by atoms with van der Waals surface area (Å²) in [6.07, 6.45) is 2.92. The summed E-state index contributed by atoms with van der Waals surface area (Å²) < 4.78 is 13.2. The van der Waals surface area contributed by atoms with E-state index in [9.17, 15) is 9.18 Å². The molecule has 0 saturated heterocycles. The summed E-state index contributed by atoms with van der Waals surface area (Å²) in [4.78, 5) is 15.9. The molecule has 1 aromatic rings. The van der Waals surface area contributed by atoms with Crippen LogP contribution in [0.3, 0.4) is 0 Å². The molecule has 0 aliphatic heterocycles. The van der Waals surface area contributed by atoms with Gasteiger partial charge in [0.15, 0.2) is 0 Å². The molecule has 1 aromatic heterocycles. The average molecular weight is 267 g/mol. The van der Waals surface area contributed by atoms with Gasteiger partial charge in [0.05, 0.1) is 11.8 Å². The topological polar surface area (TPSA) is 54.0 Å². The van der Waals surface area contributed by atoms with E-state index in [4.69, 9.17) is 0 Å². The van der Waals surface area contributed by atoms with Crippen molar-refractivity contribution < 1.29 is 9.18 Å². The van der Waals surface area contributed by atoms with E-state index in [1.165, 1.54) is 6.07 Å². The molecule has 4 nitrogen and oxygen atoms in total. The van der Waals surface area contributed by atoms with Crippen LogP contribution in [-0.4, -0.2) is 24.0 Å². The van der Waals surface area contributed by atoms with Crippen LogP contribution in [0.2, 0.25) is 0 Å². The second-order valence-corrected chi connectivity index (χ2v) is 4.91. The van der Waals surface area contributed by atoms with Gasteiger partial charge in [-0.3, -0.25) is 4.79 Å². The molecule has 2 N–H and O–H groups in total. The predicted octanol–water partition coefficient (Wildman–Crippen LogP) is 2.82. The van der Waals surface area contributed by atoms with Crippen molar-refractivity contribution in [2.24, 2.45) is 5.92 Å². The van der Waals surface area contributed by atoms with Gasteiger partial charge in [-0.05, 0) is 24.8 Å².